The molecule has 22 heavy (non-hydrogen) atoms. The van der Waals surface area contributed by atoms with E-state index in [9.17, 15) is 15.0 Å². The predicted molar refractivity (Wildman–Crippen MR) is 90.3 cm³/mol. The van der Waals surface area contributed by atoms with Crippen molar-refractivity contribution in [3.05, 3.63) is 40.5 Å². The molecule has 1 aromatic carbocycles. The van der Waals surface area contributed by atoms with Crippen molar-refractivity contribution in [3.8, 4) is 5.75 Å². The van der Waals surface area contributed by atoms with Gasteiger partial charge in [0, 0.05) is 12.0 Å². The summed E-state index contributed by atoms with van der Waals surface area (Å²) in [6.07, 6.45) is 0.363. The molecule has 0 heterocycles. The van der Waals surface area contributed by atoms with Crippen LogP contribution in [0.4, 0.5) is 0 Å². The molecule has 0 amide bonds. The minimum Gasteiger partial charge on any atom is -0.508 e. The van der Waals surface area contributed by atoms with Gasteiger partial charge in [0.05, 0.1) is 0 Å². The molecule has 3 heteroatoms. The Balaban J connectivity index is 3.31. The standard InChI is InChI=1S/C19H28O3/c1-12(18(2,3)4)14(17(21)22)10-13-8-9-16(20)15(11-13)19(5,6)7/h8-9,11,20H,10H2,1-7H3,(H,21,22). The van der Waals surface area contributed by atoms with E-state index < -0.39 is 5.97 Å². The van der Waals surface area contributed by atoms with Gasteiger partial charge in [-0.15, -0.1) is 0 Å². The highest BCUT2D eigenvalue weighted by molar-refractivity contribution is 5.88. The number of hydrogen-bond donors (Lipinski definition) is 2. The van der Waals surface area contributed by atoms with Crippen LogP contribution in [0.3, 0.4) is 0 Å². The number of hydrogen-bond acceptors (Lipinski definition) is 2. The van der Waals surface area contributed by atoms with Crippen LogP contribution in [0.5, 0.6) is 5.75 Å². The Morgan fingerprint density at radius 1 is 1.09 bits per heavy atom. The van der Waals surface area contributed by atoms with Gasteiger partial charge in [-0.05, 0) is 34.9 Å². The number of benzene rings is 1. The van der Waals surface area contributed by atoms with E-state index in [-0.39, 0.29) is 16.6 Å². The first-order valence-corrected chi connectivity index (χ1v) is 7.60. The molecule has 0 aliphatic heterocycles. The number of carbonyl (C=O) groups is 1. The summed E-state index contributed by atoms with van der Waals surface area (Å²) in [7, 11) is 0. The molecule has 0 aliphatic rings. The number of phenols is 1. The lowest BCUT2D eigenvalue weighted by Crippen LogP contribution is -2.16. The van der Waals surface area contributed by atoms with Crippen molar-refractivity contribution in [3.63, 3.8) is 0 Å². The van der Waals surface area contributed by atoms with E-state index in [2.05, 4.69) is 0 Å². The van der Waals surface area contributed by atoms with E-state index in [4.69, 9.17) is 0 Å². The maximum atomic E-state index is 11.6. The first kappa shape index (κ1) is 18.3. The van der Waals surface area contributed by atoms with Crippen molar-refractivity contribution >= 4 is 5.97 Å². The van der Waals surface area contributed by atoms with Crippen LogP contribution in [0.2, 0.25) is 0 Å². The van der Waals surface area contributed by atoms with E-state index in [1.807, 2.05) is 54.5 Å². The largest absolute Gasteiger partial charge is 0.508 e. The molecule has 0 fully saturated rings. The molecule has 0 saturated carbocycles. The van der Waals surface area contributed by atoms with Crippen LogP contribution in [0, 0.1) is 5.41 Å². The smallest absolute Gasteiger partial charge is 0.331 e. The second-order valence-corrected chi connectivity index (χ2v) is 7.94. The van der Waals surface area contributed by atoms with Crippen molar-refractivity contribution < 1.29 is 15.0 Å². The molecule has 2 N–H and O–H groups in total. The number of allylic oxidation sites excluding steroid dienone is 1. The van der Waals surface area contributed by atoms with Gasteiger partial charge in [0.2, 0.25) is 0 Å². The van der Waals surface area contributed by atoms with Crippen LogP contribution < -0.4 is 0 Å². The van der Waals surface area contributed by atoms with Gasteiger partial charge in [-0.25, -0.2) is 4.79 Å². The number of aromatic hydroxyl groups is 1. The highest BCUT2D eigenvalue weighted by Crippen LogP contribution is 2.33. The highest BCUT2D eigenvalue weighted by atomic mass is 16.4. The fourth-order valence-electron chi connectivity index (χ4n) is 2.32. The average molecular weight is 304 g/mol. The quantitative estimate of drug-likeness (QED) is 0.797. The number of rotatable bonds is 3. The molecular formula is C19H28O3. The highest BCUT2D eigenvalue weighted by Gasteiger charge is 2.23. The van der Waals surface area contributed by atoms with Crippen LogP contribution in [-0.2, 0) is 16.6 Å². The summed E-state index contributed by atoms with van der Waals surface area (Å²) in [5, 5.41) is 19.6. The third kappa shape index (κ3) is 4.36. The van der Waals surface area contributed by atoms with Gasteiger partial charge < -0.3 is 10.2 Å². The van der Waals surface area contributed by atoms with Gasteiger partial charge in [0.15, 0.2) is 0 Å². The first-order valence-electron chi connectivity index (χ1n) is 7.60. The summed E-state index contributed by atoms with van der Waals surface area (Å²) in [6.45, 7) is 14.0. The number of carboxylic acids is 1. The summed E-state index contributed by atoms with van der Waals surface area (Å²) in [5.41, 5.74) is 2.68. The minimum absolute atomic E-state index is 0.183. The van der Waals surface area contributed by atoms with E-state index in [1.54, 1.807) is 12.1 Å². The summed E-state index contributed by atoms with van der Waals surface area (Å²) in [5.74, 6) is -0.623. The average Bonchev–Trinajstić information content (AvgIpc) is 2.34. The summed E-state index contributed by atoms with van der Waals surface area (Å²) in [6, 6.07) is 5.36. The Morgan fingerprint density at radius 2 is 1.64 bits per heavy atom. The SMILES string of the molecule is CC(=C(Cc1ccc(O)c(C(C)(C)C)c1)C(=O)O)C(C)(C)C. The molecular weight excluding hydrogens is 276 g/mol. The maximum absolute atomic E-state index is 11.6. The maximum Gasteiger partial charge on any atom is 0.331 e. The van der Waals surface area contributed by atoms with Gasteiger partial charge >= 0.3 is 5.97 Å². The monoisotopic (exact) mass is 304 g/mol. The fourth-order valence-corrected chi connectivity index (χ4v) is 2.32. The number of aliphatic carboxylic acids is 1. The second-order valence-electron chi connectivity index (χ2n) is 7.94. The molecule has 122 valence electrons. The molecule has 1 rings (SSSR count). The van der Waals surface area contributed by atoms with Gasteiger partial charge in [0.25, 0.3) is 0 Å². The predicted octanol–water partition coefficient (Wildman–Crippen LogP) is 4.68. The van der Waals surface area contributed by atoms with Crippen molar-refractivity contribution in [2.75, 3.05) is 0 Å². The Hall–Kier alpha value is -1.77. The van der Waals surface area contributed by atoms with Crippen LogP contribution in [0.1, 0.15) is 59.6 Å². The van der Waals surface area contributed by atoms with Crippen LogP contribution in [-0.4, -0.2) is 16.2 Å². The first-order chi connectivity index (χ1) is 9.84. The zero-order valence-electron chi connectivity index (χ0n) is 14.7. The second kappa shape index (κ2) is 6.15. The van der Waals surface area contributed by atoms with Crippen molar-refractivity contribution in [2.24, 2.45) is 5.41 Å². The molecule has 0 aliphatic carbocycles. The van der Waals surface area contributed by atoms with Crippen LogP contribution in [0.25, 0.3) is 0 Å². The Labute approximate surface area is 133 Å². The fraction of sp³-hybridized carbons (Fsp3) is 0.526. The molecule has 0 spiro atoms. The molecule has 0 atom stereocenters. The molecule has 0 bridgehead atoms. The van der Waals surface area contributed by atoms with E-state index in [0.29, 0.717) is 12.0 Å². The molecule has 0 unspecified atom stereocenters. The normalized spacial score (nSPS) is 13.8. The topological polar surface area (TPSA) is 57.5 Å². The van der Waals surface area contributed by atoms with E-state index in [0.717, 1.165) is 16.7 Å². The number of carboxylic acid groups (broad SMARTS) is 1. The minimum atomic E-state index is -0.877. The zero-order valence-corrected chi connectivity index (χ0v) is 14.7. The van der Waals surface area contributed by atoms with Crippen molar-refractivity contribution in [2.45, 2.75) is 60.3 Å². The third-order valence-electron chi connectivity index (χ3n) is 4.09. The lowest BCUT2D eigenvalue weighted by Gasteiger charge is -2.24. The molecule has 0 radical (unpaired) electrons. The lowest BCUT2D eigenvalue weighted by atomic mass is 9.81. The van der Waals surface area contributed by atoms with Gasteiger partial charge in [-0.2, -0.15) is 0 Å². The Morgan fingerprint density at radius 3 is 2.05 bits per heavy atom. The molecule has 3 nitrogen and oxygen atoms in total. The van der Waals surface area contributed by atoms with Crippen molar-refractivity contribution in [1.29, 1.82) is 0 Å². The Kier molecular flexibility index (Phi) is 5.11. The Bertz CT molecular complexity index is 596. The van der Waals surface area contributed by atoms with E-state index >= 15 is 0 Å². The summed E-state index contributed by atoms with van der Waals surface area (Å²) < 4.78 is 0. The van der Waals surface area contributed by atoms with Crippen LogP contribution in [0.15, 0.2) is 29.3 Å². The zero-order chi connectivity index (χ0) is 17.3. The van der Waals surface area contributed by atoms with Gasteiger partial charge in [-0.3, -0.25) is 0 Å². The van der Waals surface area contributed by atoms with Crippen LogP contribution >= 0.6 is 0 Å². The van der Waals surface area contributed by atoms with Gasteiger partial charge in [0.1, 0.15) is 5.75 Å². The third-order valence-corrected chi connectivity index (χ3v) is 4.09. The lowest BCUT2D eigenvalue weighted by molar-refractivity contribution is -0.132. The molecule has 0 saturated heterocycles. The molecule has 0 aromatic heterocycles. The summed E-state index contributed by atoms with van der Waals surface area (Å²) >= 11 is 0. The van der Waals surface area contributed by atoms with Gasteiger partial charge in [-0.1, -0.05) is 59.2 Å². The molecule has 1 aromatic rings. The number of phenolic OH excluding ortho intramolecular Hbond substituents is 1. The summed E-state index contributed by atoms with van der Waals surface area (Å²) in [4.78, 5) is 11.6. The van der Waals surface area contributed by atoms with E-state index in [1.165, 1.54) is 0 Å². The van der Waals surface area contributed by atoms with Crippen molar-refractivity contribution in [1.82, 2.24) is 0 Å².